The van der Waals surface area contributed by atoms with Gasteiger partial charge in [-0.3, -0.25) is 10.1 Å². The lowest BCUT2D eigenvalue weighted by molar-refractivity contribution is -0.123. The van der Waals surface area contributed by atoms with Gasteiger partial charge in [0.25, 0.3) is 5.91 Å². The number of nitrogens with one attached hydrogen (secondary N) is 2. The van der Waals surface area contributed by atoms with Crippen molar-refractivity contribution in [3.05, 3.63) is 59.7 Å². The summed E-state index contributed by atoms with van der Waals surface area (Å²) in [7, 11) is 0. The molecule has 0 atom stereocenters. The number of hydrogen-bond acceptors (Lipinski definition) is 7. The van der Waals surface area contributed by atoms with Crippen molar-refractivity contribution in [1.29, 1.82) is 0 Å². The Labute approximate surface area is 172 Å². The van der Waals surface area contributed by atoms with Gasteiger partial charge in [-0.25, -0.2) is 9.59 Å². The second-order valence-corrected chi connectivity index (χ2v) is 6.65. The molecule has 2 heterocycles. The first-order valence-corrected chi connectivity index (χ1v) is 9.33. The van der Waals surface area contributed by atoms with E-state index in [1.54, 1.807) is 24.3 Å². The quantitative estimate of drug-likeness (QED) is 0.543. The Bertz CT molecular complexity index is 1020. The number of rotatable bonds is 8. The number of furan rings is 2. The monoisotopic (exact) mass is 414 g/mol. The van der Waals surface area contributed by atoms with Crippen LogP contribution in [0, 0.1) is 0 Å². The number of hydrogen-bond donors (Lipinski definition) is 2. The summed E-state index contributed by atoms with van der Waals surface area (Å²) in [5, 5.41) is 5.25. The van der Waals surface area contributed by atoms with E-state index in [2.05, 4.69) is 10.6 Å². The lowest BCUT2D eigenvalue weighted by Crippen LogP contribution is -2.41. The summed E-state index contributed by atoms with van der Waals surface area (Å²) >= 11 is 0. The molecular weight excluding hydrogens is 392 g/mol. The predicted octanol–water partition coefficient (Wildman–Crippen LogP) is 3.13. The van der Waals surface area contributed by atoms with E-state index in [1.807, 2.05) is 26.0 Å². The van der Waals surface area contributed by atoms with Crippen molar-refractivity contribution in [2.45, 2.75) is 33.1 Å². The third kappa shape index (κ3) is 5.48. The molecule has 0 radical (unpaired) electrons. The van der Waals surface area contributed by atoms with Gasteiger partial charge in [0.15, 0.2) is 6.61 Å². The average Bonchev–Trinajstić information content (AvgIpc) is 3.36. The summed E-state index contributed by atoms with van der Waals surface area (Å²) in [4.78, 5) is 36.1. The Morgan fingerprint density at radius 2 is 1.90 bits per heavy atom. The molecule has 0 fully saturated rings. The maximum Gasteiger partial charge on any atom is 0.375 e. The molecule has 1 aromatic carbocycles. The van der Waals surface area contributed by atoms with E-state index in [0.29, 0.717) is 16.9 Å². The number of benzene rings is 1. The van der Waals surface area contributed by atoms with Crippen LogP contribution in [-0.2, 0) is 27.4 Å². The van der Waals surface area contributed by atoms with Crippen LogP contribution in [0.4, 0.5) is 4.79 Å². The maximum atomic E-state index is 12.5. The molecule has 9 nitrogen and oxygen atoms in total. The van der Waals surface area contributed by atoms with E-state index >= 15 is 0 Å². The van der Waals surface area contributed by atoms with E-state index in [4.69, 9.17) is 18.3 Å². The fourth-order valence-electron chi connectivity index (χ4n) is 2.64. The molecule has 0 bridgehead atoms. The molecule has 9 heteroatoms. The highest BCUT2D eigenvalue weighted by molar-refractivity contribution is 5.98. The Hall–Kier alpha value is -3.59. The zero-order valence-electron chi connectivity index (χ0n) is 16.6. The summed E-state index contributed by atoms with van der Waals surface area (Å²) in [6.45, 7) is 3.38. The number of urea groups is 1. The van der Waals surface area contributed by atoms with E-state index in [1.165, 1.54) is 6.26 Å². The highest BCUT2D eigenvalue weighted by Gasteiger charge is 2.23. The molecule has 30 heavy (non-hydrogen) atoms. The number of esters is 1. The van der Waals surface area contributed by atoms with Crippen LogP contribution in [-0.4, -0.2) is 30.6 Å². The molecule has 0 saturated carbocycles. The van der Waals surface area contributed by atoms with Crippen molar-refractivity contribution in [2.24, 2.45) is 0 Å². The van der Waals surface area contributed by atoms with Gasteiger partial charge in [-0.15, -0.1) is 0 Å². The van der Waals surface area contributed by atoms with Crippen LogP contribution < -0.4 is 10.6 Å². The van der Waals surface area contributed by atoms with Gasteiger partial charge >= 0.3 is 12.0 Å². The Balaban J connectivity index is 1.57. The van der Waals surface area contributed by atoms with Crippen molar-refractivity contribution in [3.63, 3.8) is 0 Å². The number of imide groups is 1. The zero-order valence-corrected chi connectivity index (χ0v) is 16.6. The summed E-state index contributed by atoms with van der Waals surface area (Å²) in [5.41, 5.74) is 1.05. The predicted molar refractivity (Wildman–Crippen MR) is 106 cm³/mol. The number of carbonyl (C=O) groups excluding carboxylic acids is 3. The van der Waals surface area contributed by atoms with Crippen molar-refractivity contribution in [2.75, 3.05) is 6.61 Å². The smallest absolute Gasteiger partial charge is 0.375 e. The first-order chi connectivity index (χ1) is 14.4. The first kappa shape index (κ1) is 21.1. The summed E-state index contributed by atoms with van der Waals surface area (Å²) in [6.07, 6.45) is 1.42. The van der Waals surface area contributed by atoms with Gasteiger partial charge in [0, 0.05) is 10.9 Å². The summed E-state index contributed by atoms with van der Waals surface area (Å²) in [5.74, 6) is -1.10. The van der Waals surface area contributed by atoms with Gasteiger partial charge in [0.1, 0.15) is 11.3 Å². The number of carbonyl (C=O) groups is 3. The Morgan fingerprint density at radius 1 is 1.10 bits per heavy atom. The minimum Gasteiger partial charge on any atom is -0.467 e. The van der Waals surface area contributed by atoms with E-state index in [9.17, 15) is 14.4 Å². The number of amides is 3. The van der Waals surface area contributed by atoms with Gasteiger partial charge in [-0.05, 0) is 32.0 Å². The molecule has 3 aromatic rings. The molecule has 3 rings (SSSR count). The third-order valence-electron chi connectivity index (χ3n) is 4.04. The highest BCUT2D eigenvalue weighted by Crippen LogP contribution is 2.27. The number of ether oxygens (including phenoxy) is 2. The minimum absolute atomic E-state index is 0.0353. The average molecular weight is 414 g/mol. The number of fused-ring (bicyclic) bond motifs is 1. The Morgan fingerprint density at radius 3 is 2.63 bits per heavy atom. The molecule has 2 aromatic heterocycles. The van der Waals surface area contributed by atoms with Gasteiger partial charge in [-0.2, -0.15) is 0 Å². The fourth-order valence-corrected chi connectivity index (χ4v) is 2.64. The molecule has 0 aliphatic carbocycles. The van der Waals surface area contributed by atoms with Gasteiger partial charge < -0.3 is 23.6 Å². The molecule has 0 saturated heterocycles. The summed E-state index contributed by atoms with van der Waals surface area (Å²) in [6, 6.07) is 9.76. The third-order valence-corrected chi connectivity index (χ3v) is 4.04. The molecule has 3 amide bonds. The van der Waals surface area contributed by atoms with E-state index in [-0.39, 0.29) is 25.0 Å². The van der Waals surface area contributed by atoms with Crippen LogP contribution in [0.5, 0.6) is 0 Å². The van der Waals surface area contributed by atoms with Gasteiger partial charge in [-0.1, -0.05) is 18.2 Å². The SMILES string of the molecule is CC(C)OCc1c(C(=O)OCC(=O)NC(=O)NCc2ccco2)oc2ccccc12. The molecule has 0 aliphatic rings. The van der Waals surface area contributed by atoms with Crippen molar-refractivity contribution >= 4 is 28.9 Å². The normalized spacial score (nSPS) is 10.9. The van der Waals surface area contributed by atoms with E-state index < -0.39 is 24.5 Å². The van der Waals surface area contributed by atoms with Crippen LogP contribution in [0.1, 0.15) is 35.7 Å². The molecular formula is C21H22N2O7. The molecule has 0 aliphatic heterocycles. The van der Waals surface area contributed by atoms with E-state index in [0.717, 1.165) is 5.39 Å². The van der Waals surface area contributed by atoms with Crippen molar-refractivity contribution in [3.8, 4) is 0 Å². The van der Waals surface area contributed by atoms with Crippen LogP contribution in [0.15, 0.2) is 51.5 Å². The Kier molecular flexibility index (Phi) is 6.87. The van der Waals surface area contributed by atoms with Crippen LogP contribution >= 0.6 is 0 Å². The van der Waals surface area contributed by atoms with Crippen LogP contribution in [0.25, 0.3) is 11.0 Å². The largest absolute Gasteiger partial charge is 0.467 e. The highest BCUT2D eigenvalue weighted by atomic mass is 16.5. The molecule has 158 valence electrons. The lowest BCUT2D eigenvalue weighted by Gasteiger charge is -2.08. The van der Waals surface area contributed by atoms with Gasteiger partial charge in [0.05, 0.1) is 25.5 Å². The first-order valence-electron chi connectivity index (χ1n) is 9.33. The second kappa shape index (κ2) is 9.75. The molecule has 0 unspecified atom stereocenters. The van der Waals surface area contributed by atoms with Crippen LogP contribution in [0.3, 0.4) is 0 Å². The molecule has 2 N–H and O–H groups in total. The number of para-hydroxylation sites is 1. The van der Waals surface area contributed by atoms with Gasteiger partial charge in [0.2, 0.25) is 5.76 Å². The lowest BCUT2D eigenvalue weighted by atomic mass is 10.1. The zero-order chi connectivity index (χ0) is 21.5. The fraction of sp³-hybridized carbons (Fsp3) is 0.286. The minimum atomic E-state index is -0.820. The van der Waals surface area contributed by atoms with Crippen molar-refractivity contribution < 1.29 is 32.7 Å². The topological polar surface area (TPSA) is 120 Å². The van der Waals surface area contributed by atoms with Crippen LogP contribution in [0.2, 0.25) is 0 Å². The van der Waals surface area contributed by atoms with Crippen molar-refractivity contribution in [1.82, 2.24) is 10.6 Å². The second-order valence-electron chi connectivity index (χ2n) is 6.65. The standard InChI is InChI=1S/C21H22N2O7/c1-13(2)28-11-16-15-7-3-4-8-17(15)30-19(16)20(25)29-12-18(24)23-21(26)22-10-14-6-5-9-27-14/h3-9,13H,10-12H2,1-2H3,(H2,22,23,24,26). The summed E-state index contributed by atoms with van der Waals surface area (Å²) < 4.78 is 21.3. The maximum absolute atomic E-state index is 12.5. The molecule has 0 spiro atoms.